The largest absolute Gasteiger partial charge is 0.492 e. The van der Waals surface area contributed by atoms with Crippen LogP contribution in [0.25, 0.3) is 0 Å². The number of nitrogens with zero attached hydrogens (tertiary/aromatic N) is 1. The summed E-state index contributed by atoms with van der Waals surface area (Å²) in [7, 11) is -6.56. The highest BCUT2D eigenvalue weighted by molar-refractivity contribution is 7.92. The van der Waals surface area contributed by atoms with Gasteiger partial charge in [-0.3, -0.25) is 14.3 Å². The van der Waals surface area contributed by atoms with E-state index in [0.29, 0.717) is 29.8 Å². The van der Waals surface area contributed by atoms with Crippen LogP contribution in [0.4, 0.5) is 11.4 Å². The fourth-order valence-electron chi connectivity index (χ4n) is 3.63. The summed E-state index contributed by atoms with van der Waals surface area (Å²) in [4.78, 5) is 2.42. The second-order valence-electron chi connectivity index (χ2n) is 7.86. The van der Waals surface area contributed by atoms with Crippen molar-refractivity contribution in [2.45, 2.75) is 25.3 Å². The van der Waals surface area contributed by atoms with Gasteiger partial charge in [0.15, 0.2) is 0 Å². The van der Waals surface area contributed by atoms with Crippen LogP contribution in [0, 0.1) is 0 Å². The lowest BCUT2D eigenvalue weighted by Crippen LogP contribution is -2.35. The van der Waals surface area contributed by atoms with E-state index < -0.39 is 20.0 Å². The van der Waals surface area contributed by atoms with Gasteiger partial charge in [0.25, 0.3) is 0 Å². The van der Waals surface area contributed by atoms with E-state index in [4.69, 9.17) is 4.74 Å². The Hall–Kier alpha value is -2.30. The Bertz CT molecular complexity index is 982. The minimum Gasteiger partial charge on any atom is -0.492 e. The Kier molecular flexibility index (Phi) is 7.45. The molecule has 0 aromatic heterocycles. The number of hydrogen-bond donors (Lipinski definition) is 2. The van der Waals surface area contributed by atoms with Crippen molar-refractivity contribution in [2.24, 2.45) is 0 Å². The first kappa shape index (κ1) is 23.4. The molecule has 1 aliphatic heterocycles. The van der Waals surface area contributed by atoms with Crippen molar-refractivity contribution in [3.05, 3.63) is 54.1 Å². The lowest BCUT2D eigenvalue weighted by molar-refractivity contribution is 0.174. The predicted molar refractivity (Wildman–Crippen MR) is 124 cm³/mol. The van der Waals surface area contributed by atoms with Crippen LogP contribution in [0.5, 0.6) is 5.75 Å². The van der Waals surface area contributed by atoms with E-state index in [1.165, 1.54) is 0 Å². The van der Waals surface area contributed by atoms with E-state index in [0.717, 1.165) is 50.4 Å². The van der Waals surface area contributed by atoms with Crippen molar-refractivity contribution in [2.75, 3.05) is 41.7 Å². The van der Waals surface area contributed by atoms with Gasteiger partial charge < -0.3 is 4.74 Å². The fraction of sp³-hybridized carbons (Fsp3) is 0.429. The summed E-state index contributed by atoms with van der Waals surface area (Å²) in [5.74, 6) is 0.708. The number of anilines is 2. The smallest absolute Gasteiger partial charge is 0.229 e. The van der Waals surface area contributed by atoms with Crippen LogP contribution in [-0.2, 0) is 26.5 Å². The number of rotatable bonds is 10. The van der Waals surface area contributed by atoms with Crippen molar-refractivity contribution < 1.29 is 21.6 Å². The Morgan fingerprint density at radius 3 is 2.00 bits per heavy atom. The third-order valence-electron chi connectivity index (χ3n) is 5.04. The maximum atomic E-state index is 11.3. The first-order chi connectivity index (χ1) is 14.6. The summed E-state index contributed by atoms with van der Waals surface area (Å²) in [6.45, 7) is 2.51. The zero-order valence-electron chi connectivity index (χ0n) is 17.7. The molecule has 1 atom stereocenters. The highest BCUT2D eigenvalue weighted by Crippen LogP contribution is 2.21. The summed E-state index contributed by atoms with van der Waals surface area (Å²) < 4.78 is 56.0. The van der Waals surface area contributed by atoms with Crippen molar-refractivity contribution in [3.63, 3.8) is 0 Å². The van der Waals surface area contributed by atoms with Crippen molar-refractivity contribution in [3.8, 4) is 5.75 Å². The third-order valence-corrected chi connectivity index (χ3v) is 6.26. The molecule has 170 valence electrons. The van der Waals surface area contributed by atoms with Crippen molar-refractivity contribution >= 4 is 31.4 Å². The molecular weight excluding hydrogens is 438 g/mol. The number of likely N-dealkylation sites (tertiary alicyclic amines) is 1. The monoisotopic (exact) mass is 467 g/mol. The van der Waals surface area contributed by atoms with E-state index in [2.05, 4.69) is 14.3 Å². The Morgan fingerprint density at radius 2 is 1.45 bits per heavy atom. The average molecular weight is 468 g/mol. The van der Waals surface area contributed by atoms with Crippen LogP contribution in [0.2, 0.25) is 0 Å². The van der Waals surface area contributed by atoms with E-state index in [1.54, 1.807) is 36.4 Å². The molecule has 2 N–H and O–H groups in total. The summed E-state index contributed by atoms with van der Waals surface area (Å²) in [5.41, 5.74) is 2.23. The minimum absolute atomic E-state index is 0.333. The van der Waals surface area contributed by atoms with Gasteiger partial charge in [-0.1, -0.05) is 12.1 Å². The zero-order valence-corrected chi connectivity index (χ0v) is 19.4. The SMILES string of the molecule is CS(=O)(=O)Nc1ccc(CCN2CCCC2COc2ccc(NS(C)(=O)=O)cc2)cc1. The van der Waals surface area contributed by atoms with Gasteiger partial charge in [-0.25, -0.2) is 16.8 Å². The Labute approximate surface area is 184 Å². The summed E-state index contributed by atoms with van der Waals surface area (Å²) in [5, 5.41) is 0. The number of nitrogens with one attached hydrogen (secondary N) is 2. The van der Waals surface area contributed by atoms with Crippen LogP contribution >= 0.6 is 0 Å². The molecule has 0 amide bonds. The Balaban J connectivity index is 1.48. The standard InChI is InChI=1S/C21H29N3O5S2/c1-30(25,26)22-18-7-5-17(6-8-18)13-15-24-14-3-4-20(24)16-29-21-11-9-19(10-12-21)23-31(2,27)28/h5-12,20,22-23H,3-4,13-16H2,1-2H3. The molecule has 0 saturated carbocycles. The molecule has 1 heterocycles. The molecule has 0 radical (unpaired) electrons. The summed E-state index contributed by atoms with van der Waals surface area (Å²) in [6, 6.07) is 14.7. The summed E-state index contributed by atoms with van der Waals surface area (Å²) >= 11 is 0. The zero-order chi connectivity index (χ0) is 22.5. The normalized spacial score (nSPS) is 17.4. The third kappa shape index (κ3) is 8.04. The van der Waals surface area contributed by atoms with Crippen LogP contribution < -0.4 is 14.2 Å². The van der Waals surface area contributed by atoms with Gasteiger partial charge in [0, 0.05) is 24.0 Å². The maximum absolute atomic E-state index is 11.3. The van der Waals surface area contributed by atoms with E-state index in [-0.39, 0.29) is 0 Å². The number of ether oxygens (including phenoxy) is 1. The number of hydrogen-bond acceptors (Lipinski definition) is 6. The van der Waals surface area contributed by atoms with E-state index >= 15 is 0 Å². The second-order valence-corrected chi connectivity index (χ2v) is 11.4. The van der Waals surface area contributed by atoms with Gasteiger partial charge in [0.1, 0.15) is 12.4 Å². The lowest BCUT2D eigenvalue weighted by Gasteiger charge is -2.24. The molecule has 1 unspecified atom stereocenters. The lowest BCUT2D eigenvalue weighted by atomic mass is 10.1. The van der Waals surface area contributed by atoms with Gasteiger partial charge in [0.2, 0.25) is 20.0 Å². The van der Waals surface area contributed by atoms with Crippen molar-refractivity contribution in [1.29, 1.82) is 0 Å². The second kappa shape index (κ2) is 9.88. The first-order valence-electron chi connectivity index (χ1n) is 10.1. The quantitative estimate of drug-likeness (QED) is 0.556. The van der Waals surface area contributed by atoms with Crippen LogP contribution in [0.3, 0.4) is 0 Å². The molecule has 2 aromatic rings. The van der Waals surface area contributed by atoms with Crippen LogP contribution in [0.1, 0.15) is 18.4 Å². The number of benzene rings is 2. The molecule has 31 heavy (non-hydrogen) atoms. The maximum Gasteiger partial charge on any atom is 0.229 e. The molecule has 0 aliphatic carbocycles. The predicted octanol–water partition coefficient (Wildman–Crippen LogP) is 2.52. The van der Waals surface area contributed by atoms with E-state index in [1.807, 2.05) is 12.1 Å². The number of sulfonamides is 2. The molecule has 0 spiro atoms. The van der Waals surface area contributed by atoms with Crippen molar-refractivity contribution in [1.82, 2.24) is 4.90 Å². The van der Waals surface area contributed by atoms with Gasteiger partial charge in [-0.05, 0) is 67.8 Å². The first-order valence-corrected chi connectivity index (χ1v) is 13.9. The van der Waals surface area contributed by atoms with E-state index in [9.17, 15) is 16.8 Å². The van der Waals surface area contributed by atoms with Gasteiger partial charge >= 0.3 is 0 Å². The molecular formula is C21H29N3O5S2. The van der Waals surface area contributed by atoms with Gasteiger partial charge in [0.05, 0.1) is 12.5 Å². The van der Waals surface area contributed by atoms with Crippen LogP contribution in [0.15, 0.2) is 48.5 Å². The molecule has 10 heteroatoms. The molecule has 1 saturated heterocycles. The fourth-order valence-corrected chi connectivity index (χ4v) is 4.76. The molecule has 1 aliphatic rings. The highest BCUT2D eigenvalue weighted by atomic mass is 32.2. The minimum atomic E-state index is -3.29. The summed E-state index contributed by atoms with van der Waals surface area (Å²) in [6.07, 6.45) is 5.33. The molecule has 3 rings (SSSR count). The topological polar surface area (TPSA) is 105 Å². The molecule has 8 nitrogen and oxygen atoms in total. The molecule has 0 bridgehead atoms. The van der Waals surface area contributed by atoms with Gasteiger partial charge in [-0.15, -0.1) is 0 Å². The highest BCUT2D eigenvalue weighted by Gasteiger charge is 2.24. The van der Waals surface area contributed by atoms with Gasteiger partial charge in [-0.2, -0.15) is 0 Å². The molecule has 2 aromatic carbocycles. The Morgan fingerprint density at radius 1 is 0.903 bits per heavy atom. The average Bonchev–Trinajstić information content (AvgIpc) is 3.12. The molecule has 1 fully saturated rings. The van der Waals surface area contributed by atoms with Crippen LogP contribution in [-0.4, -0.2) is 60.0 Å².